The minimum atomic E-state index is -0.557. The number of nitrogens with one attached hydrogen (secondary N) is 1. The van der Waals surface area contributed by atoms with Crippen molar-refractivity contribution in [2.45, 2.75) is 0 Å². The molecule has 2 aromatic rings. The lowest BCUT2D eigenvalue weighted by Gasteiger charge is -2.35. The Morgan fingerprint density at radius 2 is 1.72 bits per heavy atom. The van der Waals surface area contributed by atoms with Crippen LogP contribution in [0.2, 0.25) is 0 Å². The van der Waals surface area contributed by atoms with Crippen LogP contribution in [0.25, 0.3) is 0 Å². The number of amides is 1. The van der Waals surface area contributed by atoms with Crippen LogP contribution in [0, 0.1) is 5.82 Å². The van der Waals surface area contributed by atoms with E-state index in [1.807, 2.05) is 18.2 Å². The van der Waals surface area contributed by atoms with Crippen molar-refractivity contribution >= 4 is 23.1 Å². The monoisotopic (exact) mass is 340 g/mol. The minimum Gasteiger partial charge on any atom is -0.360 e. The first kappa shape index (κ1) is 15.8. The highest BCUT2D eigenvalue weighted by molar-refractivity contribution is 6.52. The summed E-state index contributed by atoms with van der Waals surface area (Å²) in [5.41, 5.74) is 1.89. The Morgan fingerprint density at radius 1 is 1.00 bits per heavy atom. The molecule has 2 aromatic carbocycles. The van der Waals surface area contributed by atoms with Gasteiger partial charge in [0.25, 0.3) is 5.78 Å². The lowest BCUT2D eigenvalue weighted by molar-refractivity contribution is -0.899. The largest absolute Gasteiger partial charge is 0.360 e. The van der Waals surface area contributed by atoms with Crippen LogP contribution in [-0.2, 0) is 4.79 Å². The maximum atomic E-state index is 13.5. The fourth-order valence-corrected chi connectivity index (χ4v) is 3.53. The predicted octanol–water partition coefficient (Wildman–Crippen LogP) is 0.718. The van der Waals surface area contributed by atoms with Gasteiger partial charge in [-0.2, -0.15) is 0 Å². The highest BCUT2D eigenvalue weighted by Gasteiger charge is 2.38. The molecule has 0 saturated carbocycles. The highest BCUT2D eigenvalue weighted by atomic mass is 19.1. The Kier molecular flexibility index (Phi) is 3.97. The van der Waals surface area contributed by atoms with Gasteiger partial charge in [0.05, 0.1) is 37.4 Å². The number of piperazine rings is 1. The van der Waals surface area contributed by atoms with Crippen molar-refractivity contribution in [1.29, 1.82) is 0 Å². The average molecular weight is 340 g/mol. The van der Waals surface area contributed by atoms with Crippen LogP contribution in [0.5, 0.6) is 0 Å². The van der Waals surface area contributed by atoms with Crippen molar-refractivity contribution in [3.05, 3.63) is 59.9 Å². The molecule has 0 radical (unpaired) electrons. The van der Waals surface area contributed by atoms with Crippen molar-refractivity contribution in [2.24, 2.45) is 0 Å². The first-order chi connectivity index (χ1) is 12.1. The number of benzene rings is 2. The molecule has 0 spiro atoms. The zero-order valence-electron chi connectivity index (χ0n) is 13.7. The van der Waals surface area contributed by atoms with Crippen molar-refractivity contribution in [3.8, 4) is 0 Å². The number of halogens is 1. The summed E-state index contributed by atoms with van der Waals surface area (Å²) in [4.78, 5) is 29.3. The van der Waals surface area contributed by atoms with Crippen molar-refractivity contribution in [1.82, 2.24) is 0 Å². The fourth-order valence-electron chi connectivity index (χ4n) is 3.53. The molecule has 0 aliphatic carbocycles. The Bertz CT molecular complexity index is 817. The van der Waals surface area contributed by atoms with E-state index < -0.39 is 17.5 Å². The Morgan fingerprint density at radius 3 is 2.44 bits per heavy atom. The maximum Gasteiger partial charge on any atom is 0.303 e. The fraction of sp³-hybridized carbons (Fsp3) is 0.263. The van der Waals surface area contributed by atoms with Crippen LogP contribution in [0.15, 0.2) is 48.5 Å². The summed E-state index contributed by atoms with van der Waals surface area (Å²) in [5, 5.41) is 0. The normalized spacial score (nSPS) is 18.0. The van der Waals surface area contributed by atoms with Gasteiger partial charge in [-0.25, -0.2) is 4.39 Å². The molecular weight excluding hydrogens is 321 g/mol. The summed E-state index contributed by atoms with van der Waals surface area (Å²) in [7, 11) is 0. The number of para-hydroxylation sites is 1. The molecule has 25 heavy (non-hydrogen) atoms. The smallest absolute Gasteiger partial charge is 0.303 e. The van der Waals surface area contributed by atoms with Crippen LogP contribution in [0.3, 0.4) is 0 Å². The van der Waals surface area contributed by atoms with Gasteiger partial charge in [0.2, 0.25) is 0 Å². The lowest BCUT2D eigenvalue weighted by atomic mass is 10.1. The SMILES string of the molecule is O=C1C(=O)N(C[NH+]2CCN(c3ccccc3)CC2)c2cc(F)ccc21. The van der Waals surface area contributed by atoms with Gasteiger partial charge >= 0.3 is 5.91 Å². The van der Waals surface area contributed by atoms with E-state index in [9.17, 15) is 14.0 Å². The number of nitrogens with zero attached hydrogens (tertiary/aromatic N) is 2. The number of carbonyl (C=O) groups excluding carboxylic acids is 2. The first-order valence-electron chi connectivity index (χ1n) is 8.43. The number of rotatable bonds is 3. The van der Waals surface area contributed by atoms with E-state index in [0.717, 1.165) is 26.2 Å². The second kappa shape index (κ2) is 6.29. The number of hydrogen-bond acceptors (Lipinski definition) is 3. The van der Waals surface area contributed by atoms with Gasteiger partial charge in [-0.05, 0) is 30.3 Å². The standard InChI is InChI=1S/C19H18FN3O2/c20-14-6-7-16-17(12-14)23(19(25)18(16)24)13-21-8-10-22(11-9-21)15-4-2-1-3-5-15/h1-7,12H,8-11,13H2/p+1. The van der Waals surface area contributed by atoms with Gasteiger partial charge in [0, 0.05) is 5.69 Å². The Balaban J connectivity index is 1.45. The van der Waals surface area contributed by atoms with E-state index in [4.69, 9.17) is 0 Å². The van der Waals surface area contributed by atoms with Gasteiger partial charge in [-0.3, -0.25) is 14.5 Å². The molecule has 4 rings (SSSR count). The molecule has 0 atom stereocenters. The van der Waals surface area contributed by atoms with E-state index in [1.165, 1.54) is 33.7 Å². The zero-order valence-corrected chi connectivity index (χ0v) is 13.7. The third-order valence-electron chi connectivity index (χ3n) is 4.91. The molecule has 5 nitrogen and oxygen atoms in total. The third-order valence-corrected chi connectivity index (χ3v) is 4.91. The molecule has 2 aliphatic rings. The topological polar surface area (TPSA) is 45.1 Å². The molecule has 2 aliphatic heterocycles. The molecule has 6 heteroatoms. The molecule has 128 valence electrons. The third kappa shape index (κ3) is 2.89. The van der Waals surface area contributed by atoms with Crippen LogP contribution in [-0.4, -0.2) is 44.5 Å². The van der Waals surface area contributed by atoms with Crippen LogP contribution in [0.1, 0.15) is 10.4 Å². The van der Waals surface area contributed by atoms with Crippen LogP contribution < -0.4 is 14.7 Å². The molecule has 0 bridgehead atoms. The van der Waals surface area contributed by atoms with Crippen molar-refractivity contribution < 1.29 is 18.9 Å². The van der Waals surface area contributed by atoms with Gasteiger partial charge in [0.1, 0.15) is 5.82 Å². The van der Waals surface area contributed by atoms with E-state index in [2.05, 4.69) is 17.0 Å². The summed E-state index contributed by atoms with van der Waals surface area (Å²) in [6.45, 7) is 3.87. The molecule has 1 saturated heterocycles. The van der Waals surface area contributed by atoms with Gasteiger partial charge < -0.3 is 9.80 Å². The summed E-state index contributed by atoms with van der Waals surface area (Å²) in [6, 6.07) is 14.1. The van der Waals surface area contributed by atoms with Crippen molar-refractivity contribution in [3.63, 3.8) is 0 Å². The predicted molar refractivity (Wildman–Crippen MR) is 92.4 cm³/mol. The molecule has 1 amide bonds. The zero-order chi connectivity index (χ0) is 17.4. The number of hydrogen-bond donors (Lipinski definition) is 1. The minimum absolute atomic E-state index is 0.300. The quantitative estimate of drug-likeness (QED) is 0.838. The summed E-state index contributed by atoms with van der Waals surface area (Å²) in [6.07, 6.45) is 0. The first-order valence-corrected chi connectivity index (χ1v) is 8.43. The number of ketones is 1. The number of Topliss-reactive ketones (excluding diaryl/α,β-unsaturated/α-hetero) is 1. The van der Waals surface area contributed by atoms with E-state index in [0.29, 0.717) is 17.9 Å². The molecular formula is C19H19FN3O2+. The lowest BCUT2D eigenvalue weighted by Crippen LogP contribution is -3.16. The van der Waals surface area contributed by atoms with Crippen LogP contribution >= 0.6 is 0 Å². The van der Waals surface area contributed by atoms with E-state index >= 15 is 0 Å². The molecule has 2 heterocycles. The van der Waals surface area contributed by atoms with Gasteiger partial charge in [0.15, 0.2) is 6.67 Å². The number of carbonyl (C=O) groups is 2. The van der Waals surface area contributed by atoms with Crippen LogP contribution in [0.4, 0.5) is 15.8 Å². The molecule has 1 N–H and O–H groups in total. The van der Waals surface area contributed by atoms with Gasteiger partial charge in [-0.15, -0.1) is 0 Å². The summed E-state index contributed by atoms with van der Waals surface area (Å²) >= 11 is 0. The van der Waals surface area contributed by atoms with Crippen molar-refractivity contribution in [2.75, 3.05) is 42.6 Å². The second-order valence-electron chi connectivity index (χ2n) is 6.45. The summed E-state index contributed by atoms with van der Waals surface area (Å²) in [5.74, 6) is -1.54. The Labute approximate surface area is 145 Å². The van der Waals surface area contributed by atoms with E-state index in [-0.39, 0.29) is 0 Å². The number of quaternary nitrogens is 1. The molecule has 1 fully saturated rings. The maximum absolute atomic E-state index is 13.5. The van der Waals surface area contributed by atoms with Gasteiger partial charge in [-0.1, -0.05) is 18.2 Å². The highest BCUT2D eigenvalue weighted by Crippen LogP contribution is 2.28. The number of anilines is 2. The Hall–Kier alpha value is -2.73. The molecule has 0 aromatic heterocycles. The number of fused-ring (bicyclic) bond motifs is 1. The molecule has 0 unspecified atom stereocenters. The summed E-state index contributed by atoms with van der Waals surface area (Å²) < 4.78 is 13.5. The average Bonchev–Trinajstić information content (AvgIpc) is 2.87. The van der Waals surface area contributed by atoms with E-state index in [1.54, 1.807) is 0 Å². The second-order valence-corrected chi connectivity index (χ2v) is 6.45.